The molecular formula is C18H23N5O2. The Kier molecular flexibility index (Phi) is 3.74. The maximum absolute atomic E-state index is 12.5. The Labute approximate surface area is 147 Å². The minimum atomic E-state index is -0.0167. The molecule has 132 valence electrons. The summed E-state index contributed by atoms with van der Waals surface area (Å²) in [4.78, 5) is 25.2. The van der Waals surface area contributed by atoms with E-state index < -0.39 is 0 Å². The summed E-state index contributed by atoms with van der Waals surface area (Å²) in [6.45, 7) is 5.39. The number of nitrogens with zero attached hydrogens (tertiary/aromatic N) is 5. The standard InChI is InChI=1S/C18H23N5O2/c1-12-6-16(20-11-19-12)22(3)14-8-18(9-14)4-5-23(10-18)17(24)15-7-13(2)25-21-15/h6-7,11,14H,4-5,8-10H2,1-3H3. The van der Waals surface area contributed by atoms with Crippen LogP contribution in [0.1, 0.15) is 41.2 Å². The molecule has 2 fully saturated rings. The number of amides is 1. The molecule has 2 aliphatic rings. The summed E-state index contributed by atoms with van der Waals surface area (Å²) in [5, 5.41) is 3.85. The Morgan fingerprint density at radius 2 is 2.12 bits per heavy atom. The van der Waals surface area contributed by atoms with Gasteiger partial charge in [-0.3, -0.25) is 4.79 Å². The Morgan fingerprint density at radius 3 is 2.80 bits per heavy atom. The van der Waals surface area contributed by atoms with Crippen LogP contribution in [0.4, 0.5) is 5.82 Å². The Morgan fingerprint density at radius 1 is 1.32 bits per heavy atom. The van der Waals surface area contributed by atoms with Crippen LogP contribution in [0.15, 0.2) is 23.0 Å². The lowest BCUT2D eigenvalue weighted by Gasteiger charge is -2.49. The van der Waals surface area contributed by atoms with Crippen LogP contribution in [0.3, 0.4) is 0 Å². The second-order valence-corrected chi connectivity index (χ2v) is 7.49. The number of aromatic nitrogens is 3. The molecule has 0 unspecified atom stereocenters. The maximum Gasteiger partial charge on any atom is 0.276 e. The van der Waals surface area contributed by atoms with Crippen molar-refractivity contribution in [1.82, 2.24) is 20.0 Å². The summed E-state index contributed by atoms with van der Waals surface area (Å²) in [5.41, 5.74) is 1.64. The SMILES string of the molecule is Cc1cc(N(C)C2CC3(CCN(C(=O)c4cc(C)on4)C3)C2)ncn1. The van der Waals surface area contributed by atoms with Gasteiger partial charge in [-0.2, -0.15) is 0 Å². The van der Waals surface area contributed by atoms with E-state index in [-0.39, 0.29) is 11.3 Å². The zero-order valence-electron chi connectivity index (χ0n) is 14.9. The molecular weight excluding hydrogens is 318 g/mol. The third kappa shape index (κ3) is 2.88. The Hall–Kier alpha value is -2.44. The number of hydrogen-bond donors (Lipinski definition) is 0. The first-order valence-corrected chi connectivity index (χ1v) is 8.70. The lowest BCUT2D eigenvalue weighted by atomic mass is 9.64. The second-order valence-electron chi connectivity index (χ2n) is 7.49. The van der Waals surface area contributed by atoms with Crippen molar-refractivity contribution in [2.45, 2.75) is 39.2 Å². The van der Waals surface area contributed by atoms with E-state index in [2.05, 4.69) is 27.1 Å². The summed E-state index contributed by atoms with van der Waals surface area (Å²) >= 11 is 0. The number of hydrogen-bond acceptors (Lipinski definition) is 6. The fourth-order valence-electron chi connectivity index (χ4n) is 4.11. The van der Waals surface area contributed by atoms with Gasteiger partial charge in [0.2, 0.25) is 0 Å². The molecule has 1 saturated heterocycles. The highest BCUT2D eigenvalue weighted by Crippen LogP contribution is 2.50. The average molecular weight is 341 g/mol. The van der Waals surface area contributed by atoms with Crippen LogP contribution in [0, 0.1) is 19.3 Å². The highest BCUT2D eigenvalue weighted by molar-refractivity contribution is 5.92. The van der Waals surface area contributed by atoms with E-state index >= 15 is 0 Å². The van der Waals surface area contributed by atoms with Crippen LogP contribution in [-0.2, 0) is 0 Å². The fourth-order valence-corrected chi connectivity index (χ4v) is 4.11. The molecule has 1 saturated carbocycles. The third-order valence-corrected chi connectivity index (χ3v) is 5.61. The topological polar surface area (TPSA) is 75.4 Å². The van der Waals surface area contributed by atoms with Gasteiger partial charge in [-0.25, -0.2) is 9.97 Å². The van der Waals surface area contributed by atoms with Crippen LogP contribution in [-0.4, -0.2) is 52.1 Å². The predicted molar refractivity (Wildman–Crippen MR) is 92.4 cm³/mol. The Bertz CT molecular complexity index is 796. The number of aryl methyl sites for hydroxylation is 2. The first-order valence-electron chi connectivity index (χ1n) is 8.70. The van der Waals surface area contributed by atoms with Crippen molar-refractivity contribution in [2.24, 2.45) is 5.41 Å². The molecule has 0 radical (unpaired) electrons. The van der Waals surface area contributed by atoms with Gasteiger partial charge in [0.1, 0.15) is 17.9 Å². The maximum atomic E-state index is 12.5. The van der Waals surface area contributed by atoms with Crippen LogP contribution in [0.2, 0.25) is 0 Å². The van der Waals surface area contributed by atoms with Crippen molar-refractivity contribution in [1.29, 1.82) is 0 Å². The van der Waals surface area contributed by atoms with E-state index in [4.69, 9.17) is 4.52 Å². The van der Waals surface area contributed by atoms with Crippen LogP contribution >= 0.6 is 0 Å². The largest absolute Gasteiger partial charge is 0.361 e. The predicted octanol–water partition coefficient (Wildman–Crippen LogP) is 2.21. The quantitative estimate of drug-likeness (QED) is 0.852. The minimum absolute atomic E-state index is 0.0167. The smallest absolute Gasteiger partial charge is 0.276 e. The molecule has 1 amide bonds. The first kappa shape index (κ1) is 16.1. The van der Waals surface area contributed by atoms with Crippen molar-refractivity contribution in [3.05, 3.63) is 35.6 Å². The average Bonchev–Trinajstić information content (AvgIpc) is 3.19. The number of anilines is 1. The zero-order chi connectivity index (χ0) is 17.6. The molecule has 3 heterocycles. The van der Waals surface area contributed by atoms with Gasteiger partial charge in [0.25, 0.3) is 5.91 Å². The molecule has 1 aliphatic carbocycles. The summed E-state index contributed by atoms with van der Waals surface area (Å²) in [6, 6.07) is 4.20. The van der Waals surface area contributed by atoms with E-state index in [0.29, 0.717) is 17.5 Å². The summed E-state index contributed by atoms with van der Waals surface area (Å²) in [6.07, 6.45) is 4.86. The summed E-state index contributed by atoms with van der Waals surface area (Å²) in [5.74, 6) is 1.62. The number of rotatable bonds is 3. The molecule has 7 heteroatoms. The van der Waals surface area contributed by atoms with Crippen molar-refractivity contribution in [3.63, 3.8) is 0 Å². The van der Waals surface area contributed by atoms with Crippen LogP contribution < -0.4 is 4.90 Å². The zero-order valence-corrected chi connectivity index (χ0v) is 14.9. The summed E-state index contributed by atoms with van der Waals surface area (Å²) < 4.78 is 5.03. The molecule has 0 atom stereocenters. The van der Waals surface area contributed by atoms with Crippen molar-refractivity contribution in [3.8, 4) is 0 Å². The van der Waals surface area contributed by atoms with Gasteiger partial charge in [0.05, 0.1) is 0 Å². The molecule has 1 aliphatic heterocycles. The van der Waals surface area contributed by atoms with Gasteiger partial charge in [-0.1, -0.05) is 5.16 Å². The highest BCUT2D eigenvalue weighted by atomic mass is 16.5. The van der Waals surface area contributed by atoms with E-state index in [9.17, 15) is 4.79 Å². The van der Waals surface area contributed by atoms with Gasteiger partial charge in [-0.15, -0.1) is 0 Å². The molecule has 4 rings (SSSR count). The molecule has 25 heavy (non-hydrogen) atoms. The van der Waals surface area contributed by atoms with Crippen molar-refractivity contribution >= 4 is 11.7 Å². The molecule has 2 aromatic rings. The number of likely N-dealkylation sites (tertiary alicyclic amines) is 1. The molecule has 0 N–H and O–H groups in total. The summed E-state index contributed by atoms with van der Waals surface area (Å²) in [7, 11) is 2.09. The minimum Gasteiger partial charge on any atom is -0.361 e. The monoisotopic (exact) mass is 341 g/mol. The molecule has 7 nitrogen and oxygen atoms in total. The normalized spacial score (nSPS) is 25.2. The van der Waals surface area contributed by atoms with Crippen molar-refractivity contribution < 1.29 is 9.32 Å². The van der Waals surface area contributed by atoms with E-state index in [1.165, 1.54) is 0 Å². The van der Waals surface area contributed by atoms with E-state index in [0.717, 1.165) is 43.9 Å². The lowest BCUT2D eigenvalue weighted by Crippen LogP contribution is -2.51. The molecule has 0 aromatic carbocycles. The van der Waals surface area contributed by atoms with Gasteiger partial charge in [-0.05, 0) is 38.5 Å². The first-order chi connectivity index (χ1) is 12.0. The molecule has 2 aromatic heterocycles. The van der Waals surface area contributed by atoms with E-state index in [1.807, 2.05) is 17.9 Å². The van der Waals surface area contributed by atoms with Gasteiger partial charge in [0.15, 0.2) is 5.69 Å². The number of carbonyl (C=O) groups excluding carboxylic acids is 1. The van der Waals surface area contributed by atoms with Gasteiger partial charge in [0, 0.05) is 44.0 Å². The van der Waals surface area contributed by atoms with E-state index in [1.54, 1.807) is 19.3 Å². The van der Waals surface area contributed by atoms with Gasteiger partial charge < -0.3 is 14.3 Å². The Balaban J connectivity index is 1.38. The molecule has 0 bridgehead atoms. The third-order valence-electron chi connectivity index (χ3n) is 5.61. The van der Waals surface area contributed by atoms with Crippen molar-refractivity contribution in [2.75, 3.05) is 25.0 Å². The van der Waals surface area contributed by atoms with Gasteiger partial charge >= 0.3 is 0 Å². The van der Waals surface area contributed by atoms with Crippen LogP contribution in [0.5, 0.6) is 0 Å². The van der Waals surface area contributed by atoms with Crippen LogP contribution in [0.25, 0.3) is 0 Å². The highest BCUT2D eigenvalue weighted by Gasteiger charge is 2.51. The molecule has 1 spiro atoms. The second kappa shape index (κ2) is 5.82. The number of carbonyl (C=O) groups is 1. The fraction of sp³-hybridized carbons (Fsp3) is 0.556. The lowest BCUT2D eigenvalue weighted by molar-refractivity contribution is 0.0689.